The van der Waals surface area contributed by atoms with Crippen LogP contribution in [0, 0.1) is 5.82 Å². The van der Waals surface area contributed by atoms with Gasteiger partial charge in [0, 0.05) is 0 Å². The van der Waals surface area contributed by atoms with Crippen molar-refractivity contribution in [2.24, 2.45) is 5.73 Å². The summed E-state index contributed by atoms with van der Waals surface area (Å²) in [6.07, 6.45) is 4.34. The predicted molar refractivity (Wildman–Crippen MR) is 60.7 cm³/mol. The van der Waals surface area contributed by atoms with Gasteiger partial charge in [0.05, 0.1) is 4.47 Å². The number of hydrogen-bond acceptors (Lipinski definition) is 1. The molecular formula is C11H15BrFN. The van der Waals surface area contributed by atoms with Gasteiger partial charge >= 0.3 is 0 Å². The molecule has 0 aromatic heterocycles. The summed E-state index contributed by atoms with van der Waals surface area (Å²) in [5.74, 6) is -0.198. The third-order valence-electron chi connectivity index (χ3n) is 2.15. The van der Waals surface area contributed by atoms with E-state index in [1.807, 2.05) is 12.1 Å². The molecule has 1 nitrogen and oxygen atoms in total. The fourth-order valence-corrected chi connectivity index (χ4v) is 1.77. The van der Waals surface area contributed by atoms with Crippen molar-refractivity contribution >= 4 is 15.9 Å². The molecule has 0 aliphatic rings. The maximum absolute atomic E-state index is 12.9. The van der Waals surface area contributed by atoms with Gasteiger partial charge in [0.2, 0.25) is 0 Å². The van der Waals surface area contributed by atoms with E-state index in [0.29, 0.717) is 4.47 Å². The summed E-state index contributed by atoms with van der Waals surface area (Å²) < 4.78 is 13.4. The van der Waals surface area contributed by atoms with Gasteiger partial charge < -0.3 is 5.73 Å². The lowest BCUT2D eigenvalue weighted by molar-refractivity contribution is 0.619. The van der Waals surface area contributed by atoms with E-state index in [1.54, 1.807) is 0 Å². The van der Waals surface area contributed by atoms with Gasteiger partial charge in [-0.3, -0.25) is 0 Å². The van der Waals surface area contributed by atoms with Gasteiger partial charge in [-0.05, 0) is 59.4 Å². The molecule has 2 N–H and O–H groups in total. The zero-order chi connectivity index (χ0) is 10.4. The molecule has 0 saturated carbocycles. The Hall–Kier alpha value is -0.410. The lowest BCUT2D eigenvalue weighted by Crippen LogP contribution is -1.98. The molecule has 0 unspecified atom stereocenters. The van der Waals surface area contributed by atoms with Crippen LogP contribution >= 0.6 is 15.9 Å². The van der Waals surface area contributed by atoms with Crippen molar-refractivity contribution in [2.45, 2.75) is 25.7 Å². The van der Waals surface area contributed by atoms with Crippen LogP contribution in [0.1, 0.15) is 24.8 Å². The fraction of sp³-hybridized carbons (Fsp3) is 0.455. The highest BCUT2D eigenvalue weighted by atomic mass is 79.9. The summed E-state index contributed by atoms with van der Waals surface area (Å²) in [4.78, 5) is 0. The average Bonchev–Trinajstić information content (AvgIpc) is 2.18. The first-order valence-electron chi connectivity index (χ1n) is 4.88. The Balaban J connectivity index is 2.39. The van der Waals surface area contributed by atoms with Crippen LogP contribution in [-0.2, 0) is 6.42 Å². The molecule has 1 aromatic rings. The molecule has 0 saturated heterocycles. The second-order valence-electron chi connectivity index (χ2n) is 3.35. The predicted octanol–water partition coefficient (Wildman–Crippen LogP) is 3.26. The quantitative estimate of drug-likeness (QED) is 0.808. The summed E-state index contributed by atoms with van der Waals surface area (Å²) in [5, 5.41) is 0. The number of rotatable bonds is 5. The molecule has 0 amide bonds. The molecule has 0 aliphatic carbocycles. The molecule has 14 heavy (non-hydrogen) atoms. The van der Waals surface area contributed by atoms with Crippen molar-refractivity contribution in [1.82, 2.24) is 0 Å². The van der Waals surface area contributed by atoms with Crippen LogP contribution in [0.4, 0.5) is 4.39 Å². The van der Waals surface area contributed by atoms with Gasteiger partial charge in [-0.25, -0.2) is 4.39 Å². The Morgan fingerprint density at radius 1 is 1.21 bits per heavy atom. The lowest BCUT2D eigenvalue weighted by atomic mass is 10.1. The fourth-order valence-electron chi connectivity index (χ4n) is 1.35. The van der Waals surface area contributed by atoms with Crippen LogP contribution in [0.3, 0.4) is 0 Å². The van der Waals surface area contributed by atoms with Gasteiger partial charge in [-0.1, -0.05) is 12.5 Å². The first kappa shape index (κ1) is 11.7. The summed E-state index contributed by atoms with van der Waals surface area (Å²) in [6.45, 7) is 0.757. The Morgan fingerprint density at radius 2 is 2.00 bits per heavy atom. The summed E-state index contributed by atoms with van der Waals surface area (Å²) in [6, 6.07) is 5.18. The molecular weight excluding hydrogens is 245 g/mol. The van der Waals surface area contributed by atoms with E-state index in [4.69, 9.17) is 5.73 Å². The zero-order valence-corrected chi connectivity index (χ0v) is 9.69. The Kier molecular flexibility index (Phi) is 5.12. The monoisotopic (exact) mass is 259 g/mol. The van der Waals surface area contributed by atoms with Crippen LogP contribution in [-0.4, -0.2) is 6.54 Å². The van der Waals surface area contributed by atoms with E-state index in [0.717, 1.165) is 32.2 Å². The third kappa shape index (κ3) is 3.76. The minimum Gasteiger partial charge on any atom is -0.330 e. The van der Waals surface area contributed by atoms with Crippen molar-refractivity contribution in [1.29, 1.82) is 0 Å². The molecule has 3 heteroatoms. The van der Waals surface area contributed by atoms with Crippen LogP contribution in [0.2, 0.25) is 0 Å². The van der Waals surface area contributed by atoms with Crippen LogP contribution in [0.5, 0.6) is 0 Å². The van der Waals surface area contributed by atoms with Crippen LogP contribution in [0.25, 0.3) is 0 Å². The third-order valence-corrected chi connectivity index (χ3v) is 2.76. The highest BCUT2D eigenvalue weighted by Gasteiger charge is 1.99. The van der Waals surface area contributed by atoms with Crippen molar-refractivity contribution < 1.29 is 4.39 Å². The topological polar surface area (TPSA) is 26.0 Å². The van der Waals surface area contributed by atoms with Gasteiger partial charge in [0.25, 0.3) is 0 Å². The number of hydrogen-bond donors (Lipinski definition) is 1. The summed E-state index contributed by atoms with van der Waals surface area (Å²) >= 11 is 3.17. The molecule has 0 atom stereocenters. The number of halogens is 2. The van der Waals surface area contributed by atoms with Crippen LogP contribution < -0.4 is 5.73 Å². The number of aryl methyl sites for hydroxylation is 1. The van der Waals surface area contributed by atoms with E-state index in [-0.39, 0.29) is 5.82 Å². The molecule has 0 radical (unpaired) electrons. The Morgan fingerprint density at radius 3 is 2.64 bits per heavy atom. The zero-order valence-electron chi connectivity index (χ0n) is 8.10. The minimum atomic E-state index is -0.198. The molecule has 0 spiro atoms. The van der Waals surface area contributed by atoms with E-state index < -0.39 is 0 Å². The smallest absolute Gasteiger partial charge is 0.137 e. The maximum atomic E-state index is 12.9. The molecule has 0 aliphatic heterocycles. The number of nitrogens with two attached hydrogens (primary N) is 1. The molecule has 1 aromatic carbocycles. The van der Waals surface area contributed by atoms with Crippen LogP contribution in [0.15, 0.2) is 22.7 Å². The minimum absolute atomic E-state index is 0.198. The SMILES string of the molecule is NCCCCCc1ccc(F)c(Br)c1. The van der Waals surface area contributed by atoms with Crippen molar-refractivity contribution in [3.63, 3.8) is 0 Å². The van der Waals surface area contributed by atoms with Crippen molar-refractivity contribution in [3.8, 4) is 0 Å². The normalized spacial score (nSPS) is 10.5. The molecule has 0 fully saturated rings. The van der Waals surface area contributed by atoms with E-state index in [2.05, 4.69) is 15.9 Å². The number of benzene rings is 1. The summed E-state index contributed by atoms with van der Waals surface area (Å²) in [5.41, 5.74) is 6.57. The Labute approximate surface area is 92.6 Å². The van der Waals surface area contributed by atoms with Gasteiger partial charge in [0.1, 0.15) is 5.82 Å². The molecule has 1 rings (SSSR count). The highest BCUT2D eigenvalue weighted by molar-refractivity contribution is 9.10. The second-order valence-corrected chi connectivity index (χ2v) is 4.20. The van der Waals surface area contributed by atoms with Gasteiger partial charge in [-0.15, -0.1) is 0 Å². The second kappa shape index (κ2) is 6.14. The van der Waals surface area contributed by atoms with E-state index in [9.17, 15) is 4.39 Å². The lowest BCUT2D eigenvalue weighted by Gasteiger charge is -2.02. The molecule has 0 bridgehead atoms. The van der Waals surface area contributed by atoms with Gasteiger partial charge in [0.15, 0.2) is 0 Å². The first-order valence-corrected chi connectivity index (χ1v) is 5.67. The molecule has 0 heterocycles. The van der Waals surface area contributed by atoms with Crippen molar-refractivity contribution in [3.05, 3.63) is 34.1 Å². The Bertz CT molecular complexity index is 289. The van der Waals surface area contributed by atoms with E-state index in [1.165, 1.54) is 11.6 Å². The van der Waals surface area contributed by atoms with E-state index >= 15 is 0 Å². The average molecular weight is 260 g/mol. The van der Waals surface area contributed by atoms with Gasteiger partial charge in [-0.2, -0.15) is 0 Å². The van der Waals surface area contributed by atoms with Crippen molar-refractivity contribution in [2.75, 3.05) is 6.54 Å². The molecule has 78 valence electrons. The maximum Gasteiger partial charge on any atom is 0.137 e. The number of unbranched alkanes of at least 4 members (excludes halogenated alkanes) is 2. The largest absolute Gasteiger partial charge is 0.330 e. The summed E-state index contributed by atoms with van der Waals surface area (Å²) in [7, 11) is 0. The first-order chi connectivity index (χ1) is 6.74. The highest BCUT2D eigenvalue weighted by Crippen LogP contribution is 2.18. The standard InChI is InChI=1S/C11H15BrFN/c12-10-8-9(5-6-11(10)13)4-2-1-3-7-14/h5-6,8H,1-4,7,14H2.